The Kier molecular flexibility index (Phi) is 8.27. The van der Waals surface area contributed by atoms with E-state index in [9.17, 15) is 4.79 Å². The molecule has 1 aliphatic rings. The quantitative estimate of drug-likeness (QED) is 0.624. The maximum atomic E-state index is 13.0. The largest absolute Gasteiger partial charge is 0.347 e. The first kappa shape index (κ1) is 22.4. The molecule has 7 heteroatoms. The molecule has 1 fully saturated rings. The van der Waals surface area contributed by atoms with Crippen LogP contribution >= 0.6 is 35.0 Å². The van der Waals surface area contributed by atoms with Gasteiger partial charge in [-0.1, -0.05) is 53.5 Å². The topological polar surface area (TPSA) is 35.6 Å². The zero-order valence-electron chi connectivity index (χ0n) is 16.8. The van der Waals surface area contributed by atoms with E-state index < -0.39 is 0 Å². The fraction of sp³-hybridized carbons (Fsp3) is 0.409. The number of hydrogen-bond acceptors (Lipinski definition) is 4. The Balaban J connectivity index is 1.67. The summed E-state index contributed by atoms with van der Waals surface area (Å²) < 4.78 is 0. The van der Waals surface area contributed by atoms with E-state index in [-0.39, 0.29) is 17.2 Å². The van der Waals surface area contributed by atoms with Gasteiger partial charge in [0, 0.05) is 42.6 Å². The Hall–Kier alpha value is -1.24. The van der Waals surface area contributed by atoms with Crippen molar-refractivity contribution in [3.8, 4) is 0 Å². The van der Waals surface area contributed by atoms with Crippen molar-refractivity contribution in [1.29, 1.82) is 0 Å². The molecule has 0 radical (unpaired) electrons. The van der Waals surface area contributed by atoms with Gasteiger partial charge in [-0.2, -0.15) is 0 Å². The first-order valence-electron chi connectivity index (χ1n) is 9.80. The molecule has 2 aromatic carbocycles. The van der Waals surface area contributed by atoms with Crippen molar-refractivity contribution < 1.29 is 4.79 Å². The highest BCUT2D eigenvalue weighted by Crippen LogP contribution is 2.33. The van der Waals surface area contributed by atoms with E-state index in [0.29, 0.717) is 10.0 Å². The molecule has 2 unspecified atom stereocenters. The van der Waals surface area contributed by atoms with Gasteiger partial charge < -0.3 is 10.2 Å². The maximum absolute atomic E-state index is 13.0. The number of carbonyl (C=O) groups excluding carboxylic acids is 1. The fourth-order valence-corrected chi connectivity index (χ4v) is 4.73. The van der Waals surface area contributed by atoms with E-state index in [1.165, 1.54) is 11.8 Å². The van der Waals surface area contributed by atoms with Crippen LogP contribution in [0.5, 0.6) is 0 Å². The second-order valence-corrected chi connectivity index (χ2v) is 9.64. The van der Waals surface area contributed by atoms with Crippen LogP contribution in [0.15, 0.2) is 53.4 Å². The SMILES string of the molecule is CC(Sc1cc(Cl)ccc1Cl)C(=O)NC(CN1CCN(C)CC1)c1ccccc1. The second kappa shape index (κ2) is 10.7. The third-order valence-corrected chi connectivity index (χ3v) is 6.96. The number of hydrogen-bond donors (Lipinski definition) is 1. The third-order valence-electron chi connectivity index (χ3n) is 5.12. The minimum atomic E-state index is -0.287. The maximum Gasteiger partial charge on any atom is 0.233 e. The Bertz CT molecular complexity index is 813. The molecule has 1 aliphatic heterocycles. The molecule has 1 N–H and O–H groups in total. The lowest BCUT2D eigenvalue weighted by molar-refractivity contribution is -0.121. The van der Waals surface area contributed by atoms with Crippen LogP contribution in [-0.2, 0) is 4.79 Å². The lowest BCUT2D eigenvalue weighted by atomic mass is 10.1. The molecule has 156 valence electrons. The first-order chi connectivity index (χ1) is 13.9. The van der Waals surface area contributed by atoms with Crippen LogP contribution in [0.3, 0.4) is 0 Å². The van der Waals surface area contributed by atoms with Crippen LogP contribution in [0.2, 0.25) is 10.0 Å². The van der Waals surface area contributed by atoms with Crippen LogP contribution < -0.4 is 5.32 Å². The second-order valence-electron chi connectivity index (χ2n) is 7.41. The summed E-state index contributed by atoms with van der Waals surface area (Å²) in [5, 5.41) is 4.19. The smallest absolute Gasteiger partial charge is 0.233 e. The standard InChI is InChI=1S/C22H27Cl2N3OS/c1-16(29-21-14-18(23)8-9-19(21)24)22(28)25-20(17-6-4-3-5-7-17)15-27-12-10-26(2)11-13-27/h3-9,14,16,20H,10-13,15H2,1-2H3,(H,25,28). The molecule has 0 aliphatic carbocycles. The van der Waals surface area contributed by atoms with E-state index in [0.717, 1.165) is 43.2 Å². The molecule has 2 atom stereocenters. The number of likely N-dealkylation sites (N-methyl/N-ethyl adjacent to an activating group) is 1. The van der Waals surface area contributed by atoms with Crippen LogP contribution in [0, 0.1) is 0 Å². The number of piperazine rings is 1. The van der Waals surface area contributed by atoms with Crippen molar-refractivity contribution in [2.24, 2.45) is 0 Å². The van der Waals surface area contributed by atoms with Crippen LogP contribution in [0.1, 0.15) is 18.5 Å². The third kappa shape index (κ3) is 6.63. The molecule has 1 amide bonds. The van der Waals surface area contributed by atoms with Gasteiger partial charge in [-0.25, -0.2) is 0 Å². The number of benzene rings is 2. The highest BCUT2D eigenvalue weighted by Gasteiger charge is 2.24. The van der Waals surface area contributed by atoms with Gasteiger partial charge in [0.05, 0.1) is 16.3 Å². The molecule has 1 heterocycles. The molecular formula is C22H27Cl2N3OS. The molecule has 0 saturated carbocycles. The number of thioether (sulfide) groups is 1. The van der Waals surface area contributed by atoms with Gasteiger partial charge in [0.15, 0.2) is 0 Å². The van der Waals surface area contributed by atoms with Crippen LogP contribution in [0.4, 0.5) is 0 Å². The lowest BCUT2D eigenvalue weighted by Crippen LogP contribution is -2.48. The predicted octanol–water partition coefficient (Wildman–Crippen LogP) is 4.58. The Labute approximate surface area is 187 Å². The summed E-state index contributed by atoms with van der Waals surface area (Å²) in [6, 6.07) is 15.4. The monoisotopic (exact) mass is 451 g/mol. The van der Waals surface area contributed by atoms with E-state index in [1.807, 2.05) is 25.1 Å². The van der Waals surface area contributed by atoms with Gasteiger partial charge in [-0.3, -0.25) is 9.69 Å². The molecular weight excluding hydrogens is 425 g/mol. The van der Waals surface area contributed by atoms with Crippen LogP contribution in [-0.4, -0.2) is 60.7 Å². The number of nitrogens with one attached hydrogen (secondary N) is 1. The average Bonchev–Trinajstić information content (AvgIpc) is 2.72. The normalized spacial score (nSPS) is 17.7. The summed E-state index contributed by atoms with van der Waals surface area (Å²) in [7, 11) is 2.15. The zero-order chi connectivity index (χ0) is 20.8. The van der Waals surface area contributed by atoms with Crippen molar-refractivity contribution in [3.05, 3.63) is 64.1 Å². The van der Waals surface area contributed by atoms with Crippen molar-refractivity contribution in [3.63, 3.8) is 0 Å². The van der Waals surface area contributed by atoms with Gasteiger partial charge in [0.1, 0.15) is 0 Å². The summed E-state index contributed by atoms with van der Waals surface area (Å²) in [5.41, 5.74) is 1.12. The molecule has 0 bridgehead atoms. The van der Waals surface area contributed by atoms with Gasteiger partial charge in [0.2, 0.25) is 5.91 Å². The minimum Gasteiger partial charge on any atom is -0.347 e. The summed E-state index contributed by atoms with van der Waals surface area (Å²) in [6.07, 6.45) is 0. The number of carbonyl (C=O) groups is 1. The average molecular weight is 452 g/mol. The van der Waals surface area contributed by atoms with Gasteiger partial charge >= 0.3 is 0 Å². The van der Waals surface area contributed by atoms with Crippen molar-refractivity contribution in [1.82, 2.24) is 15.1 Å². The highest BCUT2D eigenvalue weighted by molar-refractivity contribution is 8.00. The molecule has 4 nitrogen and oxygen atoms in total. The number of nitrogens with zero attached hydrogens (tertiary/aromatic N) is 2. The molecule has 1 saturated heterocycles. The van der Waals surface area contributed by atoms with E-state index in [2.05, 4.69) is 34.3 Å². The lowest BCUT2D eigenvalue weighted by Gasteiger charge is -2.35. The summed E-state index contributed by atoms with van der Waals surface area (Å²) >= 11 is 13.8. The molecule has 2 aromatic rings. The van der Waals surface area contributed by atoms with E-state index >= 15 is 0 Å². The minimum absolute atomic E-state index is 0.00553. The zero-order valence-corrected chi connectivity index (χ0v) is 19.1. The Morgan fingerprint density at radius 2 is 1.79 bits per heavy atom. The molecule has 29 heavy (non-hydrogen) atoms. The van der Waals surface area contributed by atoms with Crippen molar-refractivity contribution in [2.75, 3.05) is 39.8 Å². The first-order valence-corrected chi connectivity index (χ1v) is 11.4. The molecule has 0 spiro atoms. The summed E-state index contributed by atoms with van der Waals surface area (Å²) in [4.78, 5) is 18.6. The van der Waals surface area contributed by atoms with Gasteiger partial charge in [-0.05, 0) is 37.7 Å². The van der Waals surface area contributed by atoms with Crippen molar-refractivity contribution >= 4 is 40.9 Å². The highest BCUT2D eigenvalue weighted by atomic mass is 35.5. The summed E-state index contributed by atoms with van der Waals surface area (Å²) in [6.45, 7) is 6.83. The number of rotatable bonds is 7. The van der Waals surface area contributed by atoms with E-state index in [4.69, 9.17) is 23.2 Å². The Morgan fingerprint density at radius 1 is 1.10 bits per heavy atom. The number of amides is 1. The van der Waals surface area contributed by atoms with E-state index in [1.54, 1.807) is 18.2 Å². The fourth-order valence-electron chi connectivity index (χ4n) is 3.31. The van der Waals surface area contributed by atoms with Crippen LogP contribution in [0.25, 0.3) is 0 Å². The number of halogens is 2. The van der Waals surface area contributed by atoms with Gasteiger partial charge in [0.25, 0.3) is 0 Å². The predicted molar refractivity (Wildman–Crippen MR) is 123 cm³/mol. The van der Waals surface area contributed by atoms with Crippen molar-refractivity contribution in [2.45, 2.75) is 23.1 Å². The molecule has 0 aromatic heterocycles. The Morgan fingerprint density at radius 3 is 2.48 bits per heavy atom. The summed E-state index contributed by atoms with van der Waals surface area (Å²) in [5.74, 6) is -0.00553. The molecule has 3 rings (SSSR count). The van der Waals surface area contributed by atoms with Gasteiger partial charge in [-0.15, -0.1) is 11.8 Å².